The van der Waals surface area contributed by atoms with E-state index in [4.69, 9.17) is 21.9 Å². The number of aromatic nitrogens is 3. The first-order valence-corrected chi connectivity index (χ1v) is 11.8. The first-order valence-electron chi connectivity index (χ1n) is 11.8. The van der Waals surface area contributed by atoms with Gasteiger partial charge in [0, 0.05) is 41.7 Å². The molecule has 3 aromatic rings. The van der Waals surface area contributed by atoms with Crippen LogP contribution >= 0.6 is 0 Å². The van der Waals surface area contributed by atoms with Gasteiger partial charge < -0.3 is 20.7 Å². The molecule has 34 heavy (non-hydrogen) atoms. The zero-order valence-electron chi connectivity index (χ0n) is 19.8. The van der Waals surface area contributed by atoms with E-state index in [1.165, 1.54) is 7.11 Å². The van der Waals surface area contributed by atoms with Crippen LogP contribution in [0.4, 0.5) is 16.0 Å². The van der Waals surface area contributed by atoms with Crippen LogP contribution in [0.2, 0.25) is 0 Å². The SMILES string of the molecule is C#Cc1cc(N)nc(-c2c(C)cc3c(N4C5CCC4CNC5)nc(OC)nc3c2F)c1CCC. The van der Waals surface area contributed by atoms with Crippen LogP contribution in [0.3, 0.4) is 0 Å². The second kappa shape index (κ2) is 8.73. The Kier molecular flexibility index (Phi) is 5.74. The number of nitrogen functional groups attached to an aromatic ring is 1. The van der Waals surface area contributed by atoms with E-state index in [0.29, 0.717) is 40.7 Å². The van der Waals surface area contributed by atoms with Crippen molar-refractivity contribution in [2.75, 3.05) is 30.8 Å². The van der Waals surface area contributed by atoms with Crippen LogP contribution in [0.1, 0.15) is 42.9 Å². The van der Waals surface area contributed by atoms with Gasteiger partial charge in [-0.15, -0.1) is 6.42 Å². The number of halogens is 1. The number of benzene rings is 1. The van der Waals surface area contributed by atoms with E-state index < -0.39 is 5.82 Å². The van der Waals surface area contributed by atoms with Crippen LogP contribution in [-0.4, -0.2) is 47.2 Å². The number of fused-ring (bicyclic) bond motifs is 3. The summed E-state index contributed by atoms with van der Waals surface area (Å²) < 4.78 is 21.8. The van der Waals surface area contributed by atoms with E-state index in [1.54, 1.807) is 6.07 Å². The van der Waals surface area contributed by atoms with Gasteiger partial charge in [0.15, 0.2) is 5.82 Å². The third-order valence-corrected chi connectivity index (χ3v) is 6.93. The first kappa shape index (κ1) is 22.4. The molecule has 1 aromatic carbocycles. The summed E-state index contributed by atoms with van der Waals surface area (Å²) >= 11 is 0. The van der Waals surface area contributed by atoms with Crippen molar-refractivity contribution < 1.29 is 9.13 Å². The highest BCUT2D eigenvalue weighted by Crippen LogP contribution is 2.41. The van der Waals surface area contributed by atoms with Crippen LogP contribution in [0.25, 0.3) is 22.2 Å². The smallest absolute Gasteiger partial charge is 0.318 e. The Hall–Kier alpha value is -3.44. The lowest BCUT2D eigenvalue weighted by atomic mass is 9.93. The lowest BCUT2D eigenvalue weighted by Gasteiger charge is -2.37. The van der Waals surface area contributed by atoms with Crippen molar-refractivity contribution in [1.29, 1.82) is 0 Å². The summed E-state index contributed by atoms with van der Waals surface area (Å²) in [5, 5.41) is 4.16. The van der Waals surface area contributed by atoms with Crippen LogP contribution in [0, 0.1) is 25.1 Å². The number of rotatable bonds is 5. The first-order chi connectivity index (χ1) is 16.5. The topological polar surface area (TPSA) is 89.2 Å². The highest BCUT2D eigenvalue weighted by Gasteiger charge is 2.39. The van der Waals surface area contributed by atoms with E-state index in [2.05, 4.69) is 33.0 Å². The van der Waals surface area contributed by atoms with Crippen LogP contribution in [0.5, 0.6) is 6.01 Å². The number of nitrogens with two attached hydrogens (primary N) is 1. The molecule has 0 amide bonds. The molecule has 176 valence electrons. The Bertz CT molecular complexity index is 1300. The molecular formula is C26H29FN6O. The molecule has 7 nitrogen and oxygen atoms in total. The van der Waals surface area contributed by atoms with Gasteiger partial charge in [0.1, 0.15) is 17.2 Å². The summed E-state index contributed by atoms with van der Waals surface area (Å²) in [6.45, 7) is 5.70. The molecule has 0 saturated carbocycles. The second-order valence-electron chi connectivity index (χ2n) is 9.08. The highest BCUT2D eigenvalue weighted by molar-refractivity contribution is 5.95. The van der Waals surface area contributed by atoms with Crippen molar-refractivity contribution in [1.82, 2.24) is 20.3 Å². The van der Waals surface area contributed by atoms with Crippen molar-refractivity contribution in [3.8, 4) is 29.6 Å². The third-order valence-electron chi connectivity index (χ3n) is 6.93. The predicted octanol–water partition coefficient (Wildman–Crippen LogP) is 3.60. The van der Waals surface area contributed by atoms with E-state index in [1.807, 2.05) is 13.0 Å². The van der Waals surface area contributed by atoms with Crippen molar-refractivity contribution in [3.05, 3.63) is 34.6 Å². The minimum atomic E-state index is -0.460. The van der Waals surface area contributed by atoms with E-state index in [9.17, 15) is 0 Å². The Labute approximate surface area is 198 Å². The minimum Gasteiger partial charge on any atom is -0.467 e. The zero-order valence-corrected chi connectivity index (χ0v) is 19.8. The number of aryl methyl sites for hydroxylation is 1. The molecule has 2 atom stereocenters. The minimum absolute atomic E-state index is 0.146. The Morgan fingerprint density at radius 1 is 1.24 bits per heavy atom. The second-order valence-corrected chi connectivity index (χ2v) is 9.08. The van der Waals surface area contributed by atoms with E-state index >= 15 is 4.39 Å². The monoisotopic (exact) mass is 460 g/mol. The molecule has 2 saturated heterocycles. The Morgan fingerprint density at radius 3 is 2.62 bits per heavy atom. The molecule has 4 heterocycles. The van der Waals surface area contributed by atoms with Crippen molar-refractivity contribution in [2.45, 2.75) is 51.6 Å². The average Bonchev–Trinajstić information content (AvgIpc) is 3.07. The lowest BCUT2D eigenvalue weighted by Crippen LogP contribution is -2.52. The molecule has 2 aromatic heterocycles. The molecule has 0 radical (unpaired) electrons. The van der Waals surface area contributed by atoms with Gasteiger partial charge in [-0.25, -0.2) is 9.37 Å². The van der Waals surface area contributed by atoms with Crippen LogP contribution in [-0.2, 0) is 6.42 Å². The van der Waals surface area contributed by atoms with Gasteiger partial charge in [0.2, 0.25) is 0 Å². The highest BCUT2D eigenvalue weighted by atomic mass is 19.1. The Balaban J connectivity index is 1.78. The summed E-state index contributed by atoms with van der Waals surface area (Å²) in [6, 6.07) is 4.41. The van der Waals surface area contributed by atoms with Gasteiger partial charge >= 0.3 is 6.01 Å². The summed E-state index contributed by atoms with van der Waals surface area (Å²) in [7, 11) is 1.50. The molecule has 2 unspecified atom stereocenters. The number of ether oxygens (including phenoxy) is 1. The quantitative estimate of drug-likeness (QED) is 0.563. The van der Waals surface area contributed by atoms with Gasteiger partial charge in [-0.1, -0.05) is 19.3 Å². The van der Waals surface area contributed by atoms with E-state index in [0.717, 1.165) is 49.3 Å². The lowest BCUT2D eigenvalue weighted by molar-refractivity contribution is 0.379. The average molecular weight is 461 g/mol. The van der Waals surface area contributed by atoms with Gasteiger partial charge in [0.25, 0.3) is 0 Å². The van der Waals surface area contributed by atoms with Gasteiger partial charge in [-0.2, -0.15) is 9.97 Å². The fourth-order valence-corrected chi connectivity index (χ4v) is 5.45. The number of anilines is 2. The zero-order chi connectivity index (χ0) is 24.0. The largest absolute Gasteiger partial charge is 0.467 e. The van der Waals surface area contributed by atoms with Crippen molar-refractivity contribution in [3.63, 3.8) is 0 Å². The van der Waals surface area contributed by atoms with E-state index in [-0.39, 0.29) is 17.3 Å². The number of hydrogen-bond donors (Lipinski definition) is 2. The van der Waals surface area contributed by atoms with Gasteiger partial charge in [-0.05, 0) is 49.4 Å². The molecule has 5 rings (SSSR count). The normalized spacial score (nSPS) is 19.4. The number of nitrogens with one attached hydrogen (secondary N) is 1. The number of methoxy groups -OCH3 is 1. The third kappa shape index (κ3) is 3.51. The fraction of sp³-hybridized carbons (Fsp3) is 0.423. The molecule has 0 spiro atoms. The maximum Gasteiger partial charge on any atom is 0.318 e. The summed E-state index contributed by atoms with van der Waals surface area (Å²) in [6.07, 6.45) is 9.42. The van der Waals surface area contributed by atoms with Crippen LogP contribution in [0.15, 0.2) is 12.1 Å². The number of nitrogens with zero attached hydrogens (tertiary/aromatic N) is 4. The molecule has 3 N–H and O–H groups in total. The van der Waals surface area contributed by atoms with Gasteiger partial charge in [0.05, 0.1) is 12.8 Å². The molecule has 2 fully saturated rings. The number of piperazine rings is 1. The van der Waals surface area contributed by atoms with Gasteiger partial charge in [-0.3, -0.25) is 0 Å². The molecule has 2 aliphatic rings. The van der Waals surface area contributed by atoms with Crippen molar-refractivity contribution in [2.24, 2.45) is 0 Å². The fourth-order valence-electron chi connectivity index (χ4n) is 5.45. The van der Waals surface area contributed by atoms with Crippen LogP contribution < -0.4 is 20.7 Å². The number of hydrogen-bond acceptors (Lipinski definition) is 7. The molecule has 8 heteroatoms. The van der Waals surface area contributed by atoms with Crippen molar-refractivity contribution >= 4 is 22.5 Å². The Morgan fingerprint density at radius 2 is 1.97 bits per heavy atom. The summed E-state index contributed by atoms with van der Waals surface area (Å²) in [5.41, 5.74) is 9.33. The summed E-state index contributed by atoms with van der Waals surface area (Å²) in [4.78, 5) is 16.0. The molecule has 0 aliphatic carbocycles. The number of pyridine rings is 1. The predicted molar refractivity (Wildman–Crippen MR) is 133 cm³/mol. The maximum atomic E-state index is 16.4. The molecule has 2 aliphatic heterocycles. The standard InChI is InChI=1S/C26H29FN6O/c1-5-7-18-15(6-2)11-20(28)30-23(18)21-14(3)10-19-24(22(21)27)31-26(34-4)32-25(19)33-16-8-9-17(33)13-29-12-16/h2,10-11,16-17,29H,5,7-9,12-13H2,1,3-4H3,(H2,28,30). The molecular weight excluding hydrogens is 431 g/mol. The molecule has 2 bridgehead atoms. The maximum absolute atomic E-state index is 16.4. The summed E-state index contributed by atoms with van der Waals surface area (Å²) in [5.74, 6) is 3.22. The number of terminal acetylenes is 1.